The van der Waals surface area contributed by atoms with Crippen LogP contribution < -0.4 is 26.6 Å². The summed E-state index contributed by atoms with van der Waals surface area (Å²) >= 11 is 0. The van der Waals surface area contributed by atoms with E-state index in [1.165, 1.54) is 0 Å². The molecule has 3 rings (SSSR count). The van der Waals surface area contributed by atoms with Crippen LogP contribution in [0, 0.1) is 0 Å². The van der Waals surface area contributed by atoms with Gasteiger partial charge in [0.1, 0.15) is 0 Å². The molecule has 1 aromatic heterocycles. The molecule has 1 heterocycles. The van der Waals surface area contributed by atoms with Crippen LogP contribution in [-0.2, 0) is 6.54 Å². The van der Waals surface area contributed by atoms with E-state index in [2.05, 4.69) is 62.3 Å². The highest BCUT2D eigenvalue weighted by molar-refractivity contribution is 5.94. The molecule has 0 atom stereocenters. The van der Waals surface area contributed by atoms with E-state index in [4.69, 9.17) is 0 Å². The smallest absolute Gasteiger partial charge is 0.251 e. The first-order valence-corrected chi connectivity index (χ1v) is 14.2. The highest BCUT2D eigenvalue weighted by Gasteiger charge is 2.11. The first-order chi connectivity index (χ1) is 19.5. The fraction of sp³-hybridized carbons (Fsp3) is 0.433. The van der Waals surface area contributed by atoms with Crippen LogP contribution in [0.1, 0.15) is 79.2 Å². The molecule has 2 aromatic carbocycles. The van der Waals surface area contributed by atoms with E-state index in [-0.39, 0.29) is 11.8 Å². The van der Waals surface area contributed by atoms with E-state index < -0.39 is 0 Å². The van der Waals surface area contributed by atoms with Gasteiger partial charge in [-0.05, 0) is 55.5 Å². The minimum absolute atomic E-state index is 0.115. The van der Waals surface area contributed by atoms with Gasteiger partial charge in [-0.15, -0.1) is 0 Å². The van der Waals surface area contributed by atoms with Crippen molar-refractivity contribution >= 4 is 29.7 Å². The highest BCUT2D eigenvalue weighted by atomic mass is 16.2. The Labute approximate surface area is 237 Å². The average molecular weight is 547 g/mol. The second-order valence-corrected chi connectivity index (χ2v) is 9.53. The summed E-state index contributed by atoms with van der Waals surface area (Å²) in [5, 5.41) is 15.7. The zero-order valence-electron chi connectivity index (χ0n) is 23.8. The van der Waals surface area contributed by atoms with Crippen molar-refractivity contribution in [2.45, 2.75) is 65.5 Å². The van der Waals surface area contributed by atoms with Gasteiger partial charge in [-0.25, -0.2) is 0 Å². The molecule has 0 bridgehead atoms. The summed E-state index contributed by atoms with van der Waals surface area (Å²) in [6, 6.07) is 16.8. The molecule has 3 aromatic rings. The zero-order valence-corrected chi connectivity index (χ0v) is 23.8. The summed E-state index contributed by atoms with van der Waals surface area (Å²) in [4.78, 5) is 38.2. The molecule has 5 N–H and O–H groups in total. The van der Waals surface area contributed by atoms with Crippen LogP contribution in [-0.4, -0.2) is 52.4 Å². The Balaban J connectivity index is 1.47. The molecular formula is C30H42N8O2. The average Bonchev–Trinajstić information content (AvgIpc) is 2.99. The molecule has 0 aliphatic rings. The third-order valence-electron chi connectivity index (χ3n) is 6.40. The molecule has 2 amide bonds. The SMILES string of the molecule is CCCCNc1nc(NCc2ccc(C(=O)NCCCNC(=O)c3ccccc3)cc2)nc(NC(CC)CC)n1. The Morgan fingerprint density at radius 2 is 1.25 bits per heavy atom. The van der Waals surface area contributed by atoms with Gasteiger partial charge in [-0.3, -0.25) is 9.59 Å². The summed E-state index contributed by atoms with van der Waals surface area (Å²) in [5.74, 6) is 1.33. The van der Waals surface area contributed by atoms with E-state index in [1.807, 2.05) is 30.3 Å². The van der Waals surface area contributed by atoms with Crippen molar-refractivity contribution < 1.29 is 9.59 Å². The summed E-state index contributed by atoms with van der Waals surface area (Å²) in [6.45, 7) is 8.68. The van der Waals surface area contributed by atoms with Gasteiger partial charge in [-0.1, -0.05) is 57.5 Å². The Morgan fingerprint density at radius 1 is 0.675 bits per heavy atom. The number of anilines is 3. The highest BCUT2D eigenvalue weighted by Crippen LogP contribution is 2.14. The second-order valence-electron chi connectivity index (χ2n) is 9.53. The van der Waals surface area contributed by atoms with Crippen molar-refractivity contribution in [2.24, 2.45) is 0 Å². The maximum absolute atomic E-state index is 12.5. The Kier molecular flexibility index (Phi) is 12.7. The molecule has 0 aliphatic heterocycles. The lowest BCUT2D eigenvalue weighted by Crippen LogP contribution is -2.29. The molecule has 0 unspecified atom stereocenters. The lowest BCUT2D eigenvalue weighted by Gasteiger charge is -2.16. The first kappa shape index (κ1) is 30.3. The Hall–Kier alpha value is -4.21. The number of aromatic nitrogens is 3. The molecule has 0 fully saturated rings. The molecule has 10 heteroatoms. The number of rotatable bonds is 17. The van der Waals surface area contributed by atoms with Gasteiger partial charge < -0.3 is 26.6 Å². The molecule has 0 saturated heterocycles. The van der Waals surface area contributed by atoms with Crippen LogP contribution in [0.25, 0.3) is 0 Å². The summed E-state index contributed by atoms with van der Waals surface area (Å²) in [5.41, 5.74) is 2.20. The van der Waals surface area contributed by atoms with Crippen LogP contribution in [0.4, 0.5) is 17.8 Å². The van der Waals surface area contributed by atoms with Crippen molar-refractivity contribution in [2.75, 3.05) is 35.6 Å². The van der Waals surface area contributed by atoms with Crippen LogP contribution in [0.15, 0.2) is 54.6 Å². The van der Waals surface area contributed by atoms with Gasteiger partial charge in [0, 0.05) is 43.3 Å². The third kappa shape index (κ3) is 10.2. The molecule has 214 valence electrons. The molecule has 0 radical (unpaired) electrons. The van der Waals surface area contributed by atoms with Gasteiger partial charge in [0.05, 0.1) is 0 Å². The number of hydrogen-bond donors (Lipinski definition) is 5. The van der Waals surface area contributed by atoms with E-state index in [0.717, 1.165) is 37.8 Å². The van der Waals surface area contributed by atoms with Crippen molar-refractivity contribution in [3.63, 3.8) is 0 Å². The van der Waals surface area contributed by atoms with Crippen LogP contribution >= 0.6 is 0 Å². The normalized spacial score (nSPS) is 10.7. The number of nitrogens with one attached hydrogen (secondary N) is 5. The number of nitrogens with zero attached hydrogens (tertiary/aromatic N) is 3. The van der Waals surface area contributed by atoms with Crippen LogP contribution in [0.3, 0.4) is 0 Å². The van der Waals surface area contributed by atoms with E-state index >= 15 is 0 Å². The predicted octanol–water partition coefficient (Wildman–Crippen LogP) is 4.85. The molecule has 0 spiro atoms. The lowest BCUT2D eigenvalue weighted by atomic mass is 10.1. The van der Waals surface area contributed by atoms with Gasteiger partial charge >= 0.3 is 0 Å². The third-order valence-corrected chi connectivity index (χ3v) is 6.40. The van der Waals surface area contributed by atoms with Crippen LogP contribution in [0.5, 0.6) is 0 Å². The number of benzene rings is 2. The van der Waals surface area contributed by atoms with E-state index in [0.29, 0.717) is 61.1 Å². The standard InChI is InChI=1S/C30H42N8O2/c1-4-7-18-33-28-36-29(38-30(37-28)35-25(5-2)6-3)34-21-22-14-16-24(17-15-22)27(40)32-20-11-19-31-26(39)23-12-9-8-10-13-23/h8-10,12-17,25H,4-7,11,18-21H2,1-3H3,(H,31,39)(H,32,40)(H3,33,34,35,36,37,38). The summed E-state index contributed by atoms with van der Waals surface area (Å²) in [7, 11) is 0. The number of amides is 2. The Bertz CT molecular complexity index is 1180. The quantitative estimate of drug-likeness (QED) is 0.152. The fourth-order valence-electron chi connectivity index (χ4n) is 3.89. The predicted molar refractivity (Wildman–Crippen MR) is 161 cm³/mol. The number of carbonyl (C=O) groups excluding carboxylic acids is 2. The van der Waals surface area contributed by atoms with Crippen molar-refractivity contribution in [3.05, 3.63) is 71.3 Å². The summed E-state index contributed by atoms with van der Waals surface area (Å²) < 4.78 is 0. The maximum atomic E-state index is 12.5. The van der Waals surface area contributed by atoms with Gasteiger partial charge in [0.15, 0.2) is 0 Å². The minimum Gasteiger partial charge on any atom is -0.354 e. The van der Waals surface area contributed by atoms with Crippen molar-refractivity contribution in [1.82, 2.24) is 25.6 Å². The second kappa shape index (κ2) is 16.7. The lowest BCUT2D eigenvalue weighted by molar-refractivity contribution is 0.0951. The van der Waals surface area contributed by atoms with Gasteiger partial charge in [0.25, 0.3) is 11.8 Å². The topological polar surface area (TPSA) is 133 Å². The van der Waals surface area contributed by atoms with E-state index in [9.17, 15) is 9.59 Å². The maximum Gasteiger partial charge on any atom is 0.251 e. The van der Waals surface area contributed by atoms with Crippen LogP contribution in [0.2, 0.25) is 0 Å². The number of carbonyl (C=O) groups is 2. The van der Waals surface area contributed by atoms with Gasteiger partial charge in [0.2, 0.25) is 17.8 Å². The Morgan fingerprint density at radius 3 is 1.85 bits per heavy atom. The fourth-order valence-corrected chi connectivity index (χ4v) is 3.89. The summed E-state index contributed by atoms with van der Waals surface area (Å²) in [6.07, 6.45) is 4.72. The van der Waals surface area contributed by atoms with Gasteiger partial charge in [-0.2, -0.15) is 15.0 Å². The molecule has 0 saturated carbocycles. The largest absolute Gasteiger partial charge is 0.354 e. The number of hydrogen-bond acceptors (Lipinski definition) is 8. The molecule has 10 nitrogen and oxygen atoms in total. The molecule has 0 aliphatic carbocycles. The van der Waals surface area contributed by atoms with Crippen molar-refractivity contribution in [3.8, 4) is 0 Å². The van der Waals surface area contributed by atoms with E-state index in [1.54, 1.807) is 24.3 Å². The monoisotopic (exact) mass is 546 g/mol. The first-order valence-electron chi connectivity index (χ1n) is 14.2. The molecule has 40 heavy (non-hydrogen) atoms. The number of unbranched alkanes of at least 4 members (excludes halogenated alkanes) is 1. The molecular weight excluding hydrogens is 504 g/mol. The minimum atomic E-state index is -0.147. The van der Waals surface area contributed by atoms with Crippen molar-refractivity contribution in [1.29, 1.82) is 0 Å². The zero-order chi connectivity index (χ0) is 28.6.